The maximum absolute atomic E-state index is 12.3. The van der Waals surface area contributed by atoms with Crippen molar-refractivity contribution in [2.24, 2.45) is 5.92 Å². The highest BCUT2D eigenvalue weighted by molar-refractivity contribution is 5.89. The first kappa shape index (κ1) is 20.5. The fraction of sp³-hybridized carbons (Fsp3) is 0.500. The summed E-state index contributed by atoms with van der Waals surface area (Å²) < 4.78 is 9.98. The molecule has 2 N–H and O–H groups in total. The van der Waals surface area contributed by atoms with Gasteiger partial charge in [-0.25, -0.2) is 9.59 Å². The average Bonchev–Trinajstić information content (AvgIpc) is 2.58. The van der Waals surface area contributed by atoms with E-state index in [0.717, 1.165) is 5.56 Å². The van der Waals surface area contributed by atoms with Crippen molar-refractivity contribution in [2.75, 3.05) is 6.61 Å². The second kappa shape index (κ2) is 10.3. The number of benzene rings is 1. The van der Waals surface area contributed by atoms with E-state index >= 15 is 0 Å². The van der Waals surface area contributed by atoms with Crippen molar-refractivity contribution in [1.29, 1.82) is 0 Å². The van der Waals surface area contributed by atoms with Gasteiger partial charge in [0.25, 0.3) is 0 Å². The summed E-state index contributed by atoms with van der Waals surface area (Å²) in [5.74, 6) is -1.17. The summed E-state index contributed by atoms with van der Waals surface area (Å²) in [5, 5.41) is 5.08. The van der Waals surface area contributed by atoms with Gasteiger partial charge in [0, 0.05) is 0 Å². The van der Waals surface area contributed by atoms with Crippen LogP contribution >= 0.6 is 0 Å². The zero-order valence-corrected chi connectivity index (χ0v) is 15.1. The van der Waals surface area contributed by atoms with Crippen molar-refractivity contribution in [3.63, 3.8) is 0 Å². The number of esters is 1. The maximum atomic E-state index is 12.3. The Morgan fingerprint density at radius 2 is 1.64 bits per heavy atom. The number of amides is 2. The summed E-state index contributed by atoms with van der Waals surface area (Å²) in [6, 6.07) is 7.61. The molecule has 7 nitrogen and oxygen atoms in total. The maximum Gasteiger partial charge on any atom is 0.408 e. The highest BCUT2D eigenvalue weighted by atomic mass is 16.5. The molecule has 0 aliphatic rings. The number of nitrogens with one attached hydrogen (secondary N) is 2. The summed E-state index contributed by atoms with van der Waals surface area (Å²) in [7, 11) is 0. The lowest BCUT2D eigenvalue weighted by molar-refractivity contribution is -0.147. The molecule has 0 bridgehead atoms. The second-order valence-electron chi connectivity index (χ2n) is 5.91. The van der Waals surface area contributed by atoms with Gasteiger partial charge in [-0.15, -0.1) is 0 Å². The van der Waals surface area contributed by atoms with Gasteiger partial charge in [-0.3, -0.25) is 4.79 Å². The highest BCUT2D eigenvalue weighted by Gasteiger charge is 2.27. The lowest BCUT2D eigenvalue weighted by atomic mass is 10.0. The summed E-state index contributed by atoms with van der Waals surface area (Å²) in [5.41, 5.74) is 0.846. The molecule has 0 heterocycles. The van der Waals surface area contributed by atoms with E-state index in [9.17, 15) is 14.4 Å². The van der Waals surface area contributed by atoms with Crippen LogP contribution in [-0.2, 0) is 25.7 Å². The number of alkyl carbamates (subject to hydrolysis) is 1. The summed E-state index contributed by atoms with van der Waals surface area (Å²) in [6.45, 7) is 7.14. The van der Waals surface area contributed by atoms with Crippen LogP contribution in [0.25, 0.3) is 0 Å². The Morgan fingerprint density at radius 3 is 2.20 bits per heavy atom. The zero-order chi connectivity index (χ0) is 18.8. The molecule has 0 fully saturated rings. The molecule has 2 atom stereocenters. The van der Waals surface area contributed by atoms with Crippen LogP contribution in [0.5, 0.6) is 0 Å². The molecule has 0 spiro atoms. The van der Waals surface area contributed by atoms with E-state index in [1.54, 1.807) is 20.8 Å². The molecule has 25 heavy (non-hydrogen) atoms. The van der Waals surface area contributed by atoms with Gasteiger partial charge in [0.05, 0.1) is 6.61 Å². The molecule has 1 aromatic carbocycles. The predicted octanol–water partition coefficient (Wildman–Crippen LogP) is 2.01. The smallest absolute Gasteiger partial charge is 0.408 e. The number of ether oxygens (including phenoxy) is 2. The van der Waals surface area contributed by atoms with Gasteiger partial charge in [-0.1, -0.05) is 44.2 Å². The number of hydrogen-bond donors (Lipinski definition) is 2. The highest BCUT2D eigenvalue weighted by Crippen LogP contribution is 2.05. The monoisotopic (exact) mass is 350 g/mol. The van der Waals surface area contributed by atoms with E-state index in [1.165, 1.54) is 6.92 Å². The minimum absolute atomic E-state index is 0.109. The van der Waals surface area contributed by atoms with Crippen LogP contribution in [0.15, 0.2) is 30.3 Å². The summed E-state index contributed by atoms with van der Waals surface area (Å²) in [6.07, 6.45) is -0.693. The largest absolute Gasteiger partial charge is 0.464 e. The van der Waals surface area contributed by atoms with Crippen molar-refractivity contribution in [3.05, 3.63) is 35.9 Å². The molecule has 138 valence electrons. The first-order valence-corrected chi connectivity index (χ1v) is 8.29. The summed E-state index contributed by atoms with van der Waals surface area (Å²) >= 11 is 0. The molecule has 0 radical (unpaired) electrons. The van der Waals surface area contributed by atoms with Gasteiger partial charge in [-0.2, -0.15) is 0 Å². The number of hydrogen-bond acceptors (Lipinski definition) is 5. The van der Waals surface area contributed by atoms with Gasteiger partial charge >= 0.3 is 12.1 Å². The Bertz CT molecular complexity index is 574. The molecule has 2 amide bonds. The van der Waals surface area contributed by atoms with Crippen molar-refractivity contribution in [1.82, 2.24) is 10.6 Å². The molecular weight excluding hydrogens is 324 g/mol. The Hall–Kier alpha value is -2.57. The van der Waals surface area contributed by atoms with Gasteiger partial charge in [0.2, 0.25) is 5.91 Å². The van der Waals surface area contributed by atoms with Crippen LogP contribution < -0.4 is 10.6 Å². The minimum Gasteiger partial charge on any atom is -0.464 e. The fourth-order valence-corrected chi connectivity index (χ4v) is 2.06. The van der Waals surface area contributed by atoms with E-state index in [2.05, 4.69) is 10.6 Å². The van der Waals surface area contributed by atoms with E-state index in [0.29, 0.717) is 0 Å². The quantitative estimate of drug-likeness (QED) is 0.700. The van der Waals surface area contributed by atoms with Crippen LogP contribution in [0.3, 0.4) is 0 Å². The Kier molecular flexibility index (Phi) is 8.46. The van der Waals surface area contributed by atoms with Crippen LogP contribution in [-0.4, -0.2) is 36.7 Å². The molecule has 0 saturated heterocycles. The molecular formula is C18H26N2O5. The normalized spacial score (nSPS) is 12.8. The number of rotatable bonds is 8. The van der Waals surface area contributed by atoms with Crippen molar-refractivity contribution >= 4 is 18.0 Å². The third-order valence-electron chi connectivity index (χ3n) is 3.43. The van der Waals surface area contributed by atoms with Gasteiger partial charge in [0.15, 0.2) is 0 Å². The molecule has 7 heteroatoms. The lowest BCUT2D eigenvalue weighted by Gasteiger charge is -2.23. The van der Waals surface area contributed by atoms with Gasteiger partial charge in [-0.05, 0) is 25.3 Å². The summed E-state index contributed by atoms with van der Waals surface area (Å²) in [4.78, 5) is 35.9. The van der Waals surface area contributed by atoms with Crippen molar-refractivity contribution in [3.8, 4) is 0 Å². The minimum atomic E-state index is -0.819. The SMILES string of the molecule is CCOC(=O)C(C)NC(=O)C(NC(=O)OCc1ccccc1)C(C)C. The first-order valence-electron chi connectivity index (χ1n) is 8.29. The molecule has 0 aromatic heterocycles. The van der Waals surface area contributed by atoms with Crippen molar-refractivity contribution in [2.45, 2.75) is 46.4 Å². The number of carbonyl (C=O) groups excluding carboxylic acids is 3. The van der Waals surface area contributed by atoms with E-state index in [1.807, 2.05) is 30.3 Å². The van der Waals surface area contributed by atoms with Gasteiger partial charge < -0.3 is 20.1 Å². The van der Waals surface area contributed by atoms with Crippen LogP contribution in [0.4, 0.5) is 4.79 Å². The third kappa shape index (κ3) is 7.24. The average molecular weight is 350 g/mol. The Labute approximate surface area is 148 Å². The van der Waals surface area contributed by atoms with Crippen LogP contribution in [0, 0.1) is 5.92 Å². The molecule has 0 saturated carbocycles. The molecule has 0 aliphatic heterocycles. The topological polar surface area (TPSA) is 93.7 Å². The van der Waals surface area contributed by atoms with Crippen molar-refractivity contribution < 1.29 is 23.9 Å². The zero-order valence-electron chi connectivity index (χ0n) is 15.1. The Balaban J connectivity index is 2.56. The Morgan fingerprint density at radius 1 is 1.00 bits per heavy atom. The van der Waals surface area contributed by atoms with Gasteiger partial charge in [0.1, 0.15) is 18.7 Å². The first-order chi connectivity index (χ1) is 11.8. The van der Waals surface area contributed by atoms with Crippen LogP contribution in [0.2, 0.25) is 0 Å². The third-order valence-corrected chi connectivity index (χ3v) is 3.43. The molecule has 1 aromatic rings. The molecule has 1 rings (SSSR count). The number of carbonyl (C=O) groups is 3. The van der Waals surface area contributed by atoms with E-state index < -0.39 is 30.1 Å². The molecule has 0 aliphatic carbocycles. The standard InChI is InChI=1S/C18H26N2O5/c1-5-24-17(22)13(4)19-16(21)15(12(2)3)20-18(23)25-11-14-9-7-6-8-10-14/h6-10,12-13,15H,5,11H2,1-4H3,(H,19,21)(H,20,23). The van der Waals surface area contributed by atoms with Crippen LogP contribution in [0.1, 0.15) is 33.3 Å². The molecule has 2 unspecified atom stereocenters. The van der Waals surface area contributed by atoms with E-state index in [4.69, 9.17) is 9.47 Å². The van der Waals surface area contributed by atoms with E-state index in [-0.39, 0.29) is 19.1 Å². The lowest BCUT2D eigenvalue weighted by Crippen LogP contribution is -2.53. The second-order valence-corrected chi connectivity index (χ2v) is 5.91. The fourth-order valence-electron chi connectivity index (χ4n) is 2.06. The predicted molar refractivity (Wildman–Crippen MR) is 92.6 cm³/mol.